The number of hydrogen-bond donors (Lipinski definition) is 1. The minimum Gasteiger partial charge on any atom is -0.390 e. The van der Waals surface area contributed by atoms with Crippen LogP contribution in [0.2, 0.25) is 0 Å². The van der Waals surface area contributed by atoms with Crippen molar-refractivity contribution in [2.24, 2.45) is 40.4 Å². The molecule has 8 atom stereocenters. The summed E-state index contributed by atoms with van der Waals surface area (Å²) >= 11 is 0. The highest BCUT2D eigenvalue weighted by Gasteiger charge is 2.61. The Hall–Kier alpha value is -1.82. The smallest absolute Gasteiger partial charge is 0.199 e. The molecule has 4 aliphatic carbocycles. The van der Waals surface area contributed by atoms with Gasteiger partial charge in [-0.15, -0.1) is 0 Å². The largest absolute Gasteiger partial charge is 0.390 e. The maximum atomic E-state index is 13.5. The van der Waals surface area contributed by atoms with E-state index < -0.39 is 5.60 Å². The number of ketones is 1. The number of fused-ring (bicyclic) bond motifs is 6. The molecule has 6 nitrogen and oxygen atoms in total. The lowest BCUT2D eigenvalue weighted by atomic mass is 9.44. The Labute approximate surface area is 196 Å². The van der Waals surface area contributed by atoms with E-state index in [1.165, 1.54) is 25.7 Å². The van der Waals surface area contributed by atoms with E-state index in [1.807, 2.05) is 13.1 Å². The van der Waals surface area contributed by atoms with Gasteiger partial charge in [-0.05, 0) is 99.2 Å². The third-order valence-electron chi connectivity index (χ3n) is 10.9. The summed E-state index contributed by atoms with van der Waals surface area (Å²) in [7, 11) is 0. The van der Waals surface area contributed by atoms with Crippen molar-refractivity contribution in [1.82, 2.24) is 19.7 Å². The zero-order valence-corrected chi connectivity index (χ0v) is 20.3. The van der Waals surface area contributed by atoms with E-state index in [2.05, 4.69) is 28.9 Å². The summed E-state index contributed by atoms with van der Waals surface area (Å²) in [5, 5.41) is 15.2. The van der Waals surface area contributed by atoms with Gasteiger partial charge in [0, 0.05) is 18.3 Å². The van der Waals surface area contributed by atoms with Crippen LogP contribution in [0, 0.1) is 40.4 Å². The molecular formula is C27H38N4O2. The van der Waals surface area contributed by atoms with Crippen LogP contribution in [-0.4, -0.2) is 36.2 Å². The number of carbonyl (C=O) groups is 1. The van der Waals surface area contributed by atoms with Gasteiger partial charge in [0.2, 0.25) is 0 Å². The van der Waals surface area contributed by atoms with Gasteiger partial charge in [-0.1, -0.05) is 13.8 Å². The Kier molecular flexibility index (Phi) is 4.82. The number of carbonyl (C=O) groups excluding carboxylic acids is 1. The quantitative estimate of drug-likeness (QED) is 0.726. The third-order valence-corrected chi connectivity index (χ3v) is 10.9. The first-order chi connectivity index (χ1) is 15.7. The van der Waals surface area contributed by atoms with Gasteiger partial charge in [0.25, 0.3) is 0 Å². The Morgan fingerprint density at radius 3 is 2.61 bits per heavy atom. The lowest BCUT2D eigenvalue weighted by Crippen LogP contribution is -2.55. The molecule has 0 aromatic carbocycles. The predicted octanol–water partition coefficient (Wildman–Crippen LogP) is 4.81. The van der Waals surface area contributed by atoms with Gasteiger partial charge >= 0.3 is 0 Å². The van der Waals surface area contributed by atoms with Crippen LogP contribution in [0.5, 0.6) is 0 Å². The molecule has 178 valence electrons. The molecule has 6 heteroatoms. The summed E-state index contributed by atoms with van der Waals surface area (Å²) in [4.78, 5) is 22.1. The van der Waals surface area contributed by atoms with Crippen LogP contribution < -0.4 is 0 Å². The fourth-order valence-corrected chi connectivity index (χ4v) is 9.11. The maximum Gasteiger partial charge on any atom is 0.199 e. The molecule has 0 amide bonds. The Morgan fingerprint density at radius 2 is 1.79 bits per heavy atom. The predicted molar refractivity (Wildman–Crippen MR) is 126 cm³/mol. The summed E-state index contributed by atoms with van der Waals surface area (Å²) in [6.45, 7) is 7.33. The standard InChI is InChI=1S/C27H38N4O2/c1-25(33)10-11-26(2)17(14-25)4-5-18-19-6-7-21(27(19,3)9-8-20(18)26)23(32)16-31-15-22-24(30-31)29-13-12-28-22/h12-13,15,17-21,33H,4-11,14,16H2,1-3H3/t17-,18?,19-,20-,21+,25+,26-,27?/m0/s1. The highest BCUT2D eigenvalue weighted by Crippen LogP contribution is 2.68. The van der Waals surface area contributed by atoms with E-state index in [0.29, 0.717) is 35.2 Å². The average Bonchev–Trinajstić information content (AvgIpc) is 3.34. The monoisotopic (exact) mass is 450 g/mol. The molecule has 4 saturated carbocycles. The summed E-state index contributed by atoms with van der Waals surface area (Å²) in [6.07, 6.45) is 15.4. The van der Waals surface area contributed by atoms with Gasteiger partial charge in [0.15, 0.2) is 11.4 Å². The number of nitrogens with zero attached hydrogens (tertiary/aromatic N) is 4. The molecule has 33 heavy (non-hydrogen) atoms. The molecular weight excluding hydrogens is 412 g/mol. The zero-order chi connectivity index (χ0) is 23.0. The van der Waals surface area contributed by atoms with Crippen LogP contribution >= 0.6 is 0 Å². The summed E-state index contributed by atoms with van der Waals surface area (Å²) in [5.41, 5.74) is 1.36. The molecule has 2 aromatic heterocycles. The Morgan fingerprint density at radius 1 is 1.00 bits per heavy atom. The van der Waals surface area contributed by atoms with E-state index in [1.54, 1.807) is 17.1 Å². The normalized spacial score (nSPS) is 44.8. The van der Waals surface area contributed by atoms with E-state index in [9.17, 15) is 9.90 Å². The second-order valence-electron chi connectivity index (χ2n) is 12.6. The molecule has 1 N–H and O–H groups in total. The number of hydrogen-bond acceptors (Lipinski definition) is 5. The second kappa shape index (κ2) is 7.34. The van der Waals surface area contributed by atoms with E-state index in [-0.39, 0.29) is 11.3 Å². The molecule has 0 aliphatic heterocycles. The minimum atomic E-state index is -0.479. The van der Waals surface area contributed by atoms with Gasteiger partial charge in [0.1, 0.15) is 5.52 Å². The summed E-state index contributed by atoms with van der Waals surface area (Å²) in [6, 6.07) is 0. The molecule has 0 saturated heterocycles. The highest BCUT2D eigenvalue weighted by molar-refractivity contribution is 5.82. The Balaban J connectivity index is 1.21. The van der Waals surface area contributed by atoms with Gasteiger partial charge in [-0.3, -0.25) is 9.48 Å². The van der Waals surface area contributed by atoms with Crippen molar-refractivity contribution in [3.05, 3.63) is 18.6 Å². The van der Waals surface area contributed by atoms with Crippen molar-refractivity contribution in [2.45, 2.75) is 90.7 Å². The van der Waals surface area contributed by atoms with Crippen LogP contribution in [0.1, 0.15) is 78.6 Å². The molecule has 2 unspecified atom stereocenters. The van der Waals surface area contributed by atoms with Crippen LogP contribution in [0.3, 0.4) is 0 Å². The zero-order valence-electron chi connectivity index (χ0n) is 20.3. The lowest BCUT2D eigenvalue weighted by molar-refractivity contribution is -0.151. The van der Waals surface area contributed by atoms with Gasteiger partial charge in [0.05, 0.1) is 18.3 Å². The van der Waals surface area contributed by atoms with E-state index >= 15 is 0 Å². The van der Waals surface area contributed by atoms with Gasteiger partial charge < -0.3 is 5.11 Å². The van der Waals surface area contributed by atoms with Crippen LogP contribution in [0.15, 0.2) is 18.6 Å². The Bertz CT molecular complexity index is 1050. The summed E-state index contributed by atoms with van der Waals surface area (Å²) in [5.74, 6) is 3.28. The van der Waals surface area contributed by atoms with E-state index in [0.717, 1.165) is 49.5 Å². The van der Waals surface area contributed by atoms with Crippen molar-refractivity contribution in [3.63, 3.8) is 0 Å². The highest BCUT2D eigenvalue weighted by atomic mass is 16.3. The fraction of sp³-hybridized carbons (Fsp3) is 0.778. The maximum absolute atomic E-state index is 13.5. The minimum absolute atomic E-state index is 0.116. The molecule has 0 bridgehead atoms. The first-order valence-corrected chi connectivity index (χ1v) is 13.1. The van der Waals surface area contributed by atoms with Crippen molar-refractivity contribution in [1.29, 1.82) is 0 Å². The summed E-state index contributed by atoms with van der Waals surface area (Å²) < 4.78 is 1.75. The van der Waals surface area contributed by atoms with Crippen molar-refractivity contribution in [2.75, 3.05) is 0 Å². The van der Waals surface area contributed by atoms with Crippen molar-refractivity contribution < 1.29 is 9.90 Å². The number of rotatable bonds is 3. The van der Waals surface area contributed by atoms with Crippen LogP contribution in [0.25, 0.3) is 11.2 Å². The van der Waals surface area contributed by atoms with Gasteiger partial charge in [-0.2, -0.15) is 5.10 Å². The van der Waals surface area contributed by atoms with Crippen LogP contribution in [-0.2, 0) is 11.3 Å². The number of Topliss-reactive ketones (excluding diaryl/α,β-unsaturated/α-hetero) is 1. The molecule has 6 rings (SSSR count). The first kappa shape index (κ1) is 21.7. The van der Waals surface area contributed by atoms with Crippen LogP contribution in [0.4, 0.5) is 0 Å². The lowest BCUT2D eigenvalue weighted by Gasteiger charge is -2.61. The molecule has 4 fully saturated rings. The van der Waals surface area contributed by atoms with Crippen molar-refractivity contribution in [3.8, 4) is 0 Å². The first-order valence-electron chi connectivity index (χ1n) is 13.1. The number of aromatic nitrogens is 4. The average molecular weight is 451 g/mol. The molecule has 0 radical (unpaired) electrons. The second-order valence-corrected chi connectivity index (χ2v) is 12.6. The van der Waals surface area contributed by atoms with E-state index in [4.69, 9.17) is 0 Å². The SMILES string of the molecule is CC12CC[C@H]3C(CC[C@H]4C[C@](C)(O)CC[C@@]43C)[C@@H]1CC[C@@H]2C(=O)Cn1cc2nccnc2n1. The molecule has 2 heterocycles. The number of aliphatic hydroxyl groups is 1. The molecule has 4 aliphatic rings. The molecule has 2 aromatic rings. The molecule has 0 spiro atoms. The van der Waals surface area contributed by atoms with Crippen molar-refractivity contribution >= 4 is 16.9 Å². The fourth-order valence-electron chi connectivity index (χ4n) is 9.11. The van der Waals surface area contributed by atoms with Gasteiger partial charge in [-0.25, -0.2) is 9.97 Å². The third kappa shape index (κ3) is 3.30. The topological polar surface area (TPSA) is 80.9 Å².